The van der Waals surface area contributed by atoms with Gasteiger partial charge in [-0.25, -0.2) is 4.79 Å². The van der Waals surface area contributed by atoms with Gasteiger partial charge in [0, 0.05) is 40.3 Å². The highest BCUT2D eigenvalue weighted by Crippen LogP contribution is 2.57. The molecule has 4 unspecified atom stereocenters. The number of ether oxygens (including phenoxy) is 3. The van der Waals surface area contributed by atoms with E-state index < -0.39 is 41.6 Å². The van der Waals surface area contributed by atoms with E-state index in [-0.39, 0.29) is 58.2 Å². The monoisotopic (exact) mass is 507 g/mol. The maximum Gasteiger partial charge on any atom is 0.423 e. The van der Waals surface area contributed by atoms with Gasteiger partial charge in [-0.3, -0.25) is 19.2 Å². The number of rotatable bonds is 3. The molecular formula is C27H25NO9. The van der Waals surface area contributed by atoms with E-state index in [1.165, 1.54) is 26.4 Å². The molecule has 1 N–H and O–H groups in total. The van der Waals surface area contributed by atoms with Crippen molar-refractivity contribution in [2.45, 2.75) is 25.7 Å². The standard InChI is InChI=1S/C27H25NO9/c1-11-7-17(29)16-10-15-13(5-6-14-20(15)26(33)28(25(14)32)27(34)37-4)21(22(16)24(11)31)23-18(30)8-12(35-2)9-19(23)36-3/h5,7-9,14-15,20-21,30H,6,10H2,1-4H3. The number of benzene rings is 1. The van der Waals surface area contributed by atoms with Crippen LogP contribution in [0.3, 0.4) is 0 Å². The SMILES string of the molecule is COC(=O)N1C(=O)C2CC=C3C(c4c(O)cc(OC)cc4OC)C4=C(CC3C2C1=O)C(=O)C=C(C)C4=O. The van der Waals surface area contributed by atoms with Gasteiger partial charge < -0.3 is 19.3 Å². The first-order chi connectivity index (χ1) is 17.6. The Bertz CT molecular complexity index is 1380. The van der Waals surface area contributed by atoms with E-state index in [1.807, 2.05) is 0 Å². The summed E-state index contributed by atoms with van der Waals surface area (Å²) >= 11 is 0. The molecule has 3 aliphatic carbocycles. The number of phenolic OH excluding ortho intramolecular Hbond substituents is 1. The first-order valence-electron chi connectivity index (χ1n) is 11.7. The van der Waals surface area contributed by atoms with Gasteiger partial charge in [0.2, 0.25) is 11.8 Å². The molecule has 10 nitrogen and oxygen atoms in total. The van der Waals surface area contributed by atoms with E-state index in [0.29, 0.717) is 16.2 Å². The van der Waals surface area contributed by atoms with E-state index in [2.05, 4.69) is 4.74 Å². The minimum atomic E-state index is -1.06. The zero-order valence-corrected chi connectivity index (χ0v) is 20.7. The third-order valence-corrected chi connectivity index (χ3v) is 7.76. The molecule has 1 aliphatic heterocycles. The van der Waals surface area contributed by atoms with Crippen molar-refractivity contribution in [3.63, 3.8) is 0 Å². The smallest absolute Gasteiger partial charge is 0.423 e. The van der Waals surface area contributed by atoms with Crippen molar-refractivity contribution in [3.8, 4) is 17.2 Å². The largest absolute Gasteiger partial charge is 0.507 e. The number of allylic oxidation sites excluding steroid dienone is 6. The molecule has 1 aromatic rings. The van der Waals surface area contributed by atoms with Crippen LogP contribution >= 0.6 is 0 Å². The Hall–Kier alpha value is -4.21. The predicted molar refractivity (Wildman–Crippen MR) is 127 cm³/mol. The third-order valence-electron chi connectivity index (χ3n) is 7.76. The first-order valence-corrected chi connectivity index (χ1v) is 11.7. The summed E-state index contributed by atoms with van der Waals surface area (Å²) in [4.78, 5) is 65.8. The highest BCUT2D eigenvalue weighted by atomic mass is 16.5. The number of fused-ring (bicyclic) bond motifs is 3. The van der Waals surface area contributed by atoms with Crippen molar-refractivity contribution in [3.05, 3.63) is 52.1 Å². The number of carbonyl (C=O) groups excluding carboxylic acids is 5. The summed E-state index contributed by atoms with van der Waals surface area (Å²) < 4.78 is 15.5. The van der Waals surface area contributed by atoms with Gasteiger partial charge in [-0.1, -0.05) is 11.6 Å². The maximum absolute atomic E-state index is 13.5. The minimum absolute atomic E-state index is 0.0421. The zero-order valence-electron chi connectivity index (χ0n) is 20.7. The van der Waals surface area contributed by atoms with E-state index in [9.17, 15) is 29.1 Å². The fourth-order valence-corrected chi connectivity index (χ4v) is 6.13. The number of Topliss-reactive ketones (excluding diaryl/α,β-unsaturated/α-hetero) is 1. The Labute approximate surface area is 212 Å². The molecule has 0 radical (unpaired) electrons. The Morgan fingerprint density at radius 1 is 1.03 bits per heavy atom. The van der Waals surface area contributed by atoms with Crippen LogP contribution in [-0.2, 0) is 23.9 Å². The second-order valence-corrected chi connectivity index (χ2v) is 9.47. The Kier molecular flexibility index (Phi) is 5.77. The van der Waals surface area contributed by atoms with Crippen LogP contribution in [0.5, 0.6) is 17.2 Å². The number of ketones is 2. The lowest BCUT2D eigenvalue weighted by Crippen LogP contribution is -2.40. The van der Waals surface area contributed by atoms with Crippen molar-refractivity contribution in [1.29, 1.82) is 0 Å². The summed E-state index contributed by atoms with van der Waals surface area (Å²) in [6.45, 7) is 1.55. The quantitative estimate of drug-likeness (QED) is 0.372. The number of amides is 3. The normalized spacial score (nSPS) is 26.8. The number of methoxy groups -OCH3 is 3. The topological polar surface area (TPSA) is 137 Å². The Morgan fingerprint density at radius 2 is 1.76 bits per heavy atom. The minimum Gasteiger partial charge on any atom is -0.507 e. The van der Waals surface area contributed by atoms with Crippen LogP contribution < -0.4 is 9.47 Å². The molecule has 10 heteroatoms. The van der Waals surface area contributed by atoms with Gasteiger partial charge in [-0.05, 0) is 31.8 Å². The van der Waals surface area contributed by atoms with E-state index >= 15 is 0 Å². The van der Waals surface area contributed by atoms with Gasteiger partial charge in [-0.2, -0.15) is 4.90 Å². The van der Waals surface area contributed by atoms with Crippen LogP contribution in [0.25, 0.3) is 0 Å². The van der Waals surface area contributed by atoms with Crippen LogP contribution in [-0.4, -0.2) is 60.8 Å². The highest BCUT2D eigenvalue weighted by molar-refractivity contribution is 6.24. The molecule has 0 aromatic heterocycles. The van der Waals surface area contributed by atoms with Crippen molar-refractivity contribution < 1.29 is 43.3 Å². The number of carbonyl (C=O) groups is 5. The van der Waals surface area contributed by atoms with Crippen molar-refractivity contribution in [1.82, 2.24) is 4.90 Å². The molecule has 37 heavy (non-hydrogen) atoms. The average Bonchev–Trinajstić information content (AvgIpc) is 3.15. The summed E-state index contributed by atoms with van der Waals surface area (Å²) in [5.41, 5.74) is 1.56. The van der Waals surface area contributed by atoms with Gasteiger partial charge in [0.15, 0.2) is 11.6 Å². The predicted octanol–water partition coefficient (Wildman–Crippen LogP) is 2.61. The molecule has 1 aromatic carbocycles. The molecule has 192 valence electrons. The average molecular weight is 507 g/mol. The number of hydrogen-bond acceptors (Lipinski definition) is 9. The fraction of sp³-hybridized carbons (Fsp3) is 0.370. The second kappa shape index (κ2) is 8.72. The maximum atomic E-state index is 13.5. The number of phenols is 1. The molecule has 1 heterocycles. The lowest BCUT2D eigenvalue weighted by atomic mass is 9.59. The van der Waals surface area contributed by atoms with Gasteiger partial charge in [0.1, 0.15) is 17.2 Å². The van der Waals surface area contributed by atoms with Gasteiger partial charge in [0.25, 0.3) is 0 Å². The van der Waals surface area contributed by atoms with Crippen LogP contribution in [0.4, 0.5) is 4.79 Å². The molecule has 4 atom stereocenters. The molecule has 0 saturated carbocycles. The molecular weight excluding hydrogens is 482 g/mol. The Morgan fingerprint density at radius 3 is 2.41 bits per heavy atom. The molecule has 5 rings (SSSR count). The third kappa shape index (κ3) is 3.42. The molecule has 3 amide bonds. The zero-order chi connectivity index (χ0) is 26.8. The molecule has 0 spiro atoms. The highest BCUT2D eigenvalue weighted by Gasteiger charge is 2.58. The second-order valence-electron chi connectivity index (χ2n) is 9.47. The van der Waals surface area contributed by atoms with Gasteiger partial charge in [0.05, 0.1) is 33.2 Å². The van der Waals surface area contributed by atoms with Gasteiger partial charge >= 0.3 is 6.09 Å². The number of imide groups is 3. The summed E-state index contributed by atoms with van der Waals surface area (Å²) in [6, 6.07) is 2.95. The van der Waals surface area contributed by atoms with Crippen LogP contribution in [0.15, 0.2) is 46.6 Å². The number of nitrogens with zero attached hydrogens (tertiary/aromatic N) is 1. The van der Waals surface area contributed by atoms with E-state index in [0.717, 1.165) is 7.11 Å². The van der Waals surface area contributed by atoms with E-state index in [4.69, 9.17) is 9.47 Å². The molecule has 0 bridgehead atoms. The number of likely N-dealkylation sites (tertiary alicyclic amines) is 1. The van der Waals surface area contributed by atoms with Crippen LogP contribution in [0, 0.1) is 17.8 Å². The number of aromatic hydroxyl groups is 1. The van der Waals surface area contributed by atoms with E-state index in [1.54, 1.807) is 19.1 Å². The summed E-state index contributed by atoms with van der Waals surface area (Å²) in [7, 11) is 3.93. The summed E-state index contributed by atoms with van der Waals surface area (Å²) in [6.07, 6.45) is 2.17. The van der Waals surface area contributed by atoms with Crippen molar-refractivity contribution in [2.75, 3.05) is 21.3 Å². The number of hydrogen-bond donors (Lipinski definition) is 1. The van der Waals surface area contributed by atoms with Gasteiger partial charge in [-0.15, -0.1) is 0 Å². The summed E-state index contributed by atoms with van der Waals surface area (Å²) in [5, 5.41) is 11.1. The fourth-order valence-electron chi connectivity index (χ4n) is 6.13. The van der Waals surface area contributed by atoms with Crippen LogP contribution in [0.2, 0.25) is 0 Å². The van der Waals surface area contributed by atoms with Crippen LogP contribution in [0.1, 0.15) is 31.2 Å². The molecule has 4 aliphatic rings. The summed E-state index contributed by atoms with van der Waals surface area (Å²) in [5.74, 6) is -5.03. The van der Waals surface area contributed by atoms with Crippen molar-refractivity contribution in [2.24, 2.45) is 17.8 Å². The lowest BCUT2D eigenvalue weighted by Gasteiger charge is -2.42. The first kappa shape index (κ1) is 24.5. The Balaban J connectivity index is 1.73. The molecule has 1 fully saturated rings. The lowest BCUT2D eigenvalue weighted by molar-refractivity contribution is -0.137. The molecule has 1 saturated heterocycles. The van der Waals surface area contributed by atoms with Crippen molar-refractivity contribution >= 4 is 29.5 Å².